The Labute approximate surface area is 131 Å². The second kappa shape index (κ2) is 10.5. The third-order valence-corrected chi connectivity index (χ3v) is 4.88. The van der Waals surface area contributed by atoms with Gasteiger partial charge in [-0.25, -0.2) is 13.1 Å². The van der Waals surface area contributed by atoms with Crippen LogP contribution >= 0.6 is 0 Å². The molecule has 0 aliphatic carbocycles. The first-order valence-electron chi connectivity index (χ1n) is 8.12. The van der Waals surface area contributed by atoms with Crippen molar-refractivity contribution >= 4 is 10.0 Å². The van der Waals surface area contributed by atoms with Gasteiger partial charge in [0.2, 0.25) is 10.0 Å². The van der Waals surface area contributed by atoms with E-state index in [2.05, 4.69) is 56.5 Å². The number of hydrogen-bond acceptors (Lipinski definition) is 4. The van der Waals surface area contributed by atoms with Gasteiger partial charge >= 0.3 is 0 Å². The van der Waals surface area contributed by atoms with E-state index in [9.17, 15) is 8.42 Å². The van der Waals surface area contributed by atoms with Crippen molar-refractivity contribution in [2.24, 2.45) is 0 Å². The van der Waals surface area contributed by atoms with E-state index in [1.54, 1.807) is 0 Å². The molecule has 0 amide bonds. The molecule has 0 aromatic heterocycles. The molecule has 0 bridgehead atoms. The zero-order chi connectivity index (χ0) is 16.5. The lowest BCUT2D eigenvalue weighted by atomic mass is 10.2. The Kier molecular flexibility index (Phi) is 10.5. The van der Waals surface area contributed by atoms with Gasteiger partial charge in [-0.1, -0.05) is 13.8 Å². The number of rotatable bonds is 12. The molecule has 0 atom stereocenters. The van der Waals surface area contributed by atoms with Gasteiger partial charge in [0, 0.05) is 31.2 Å². The van der Waals surface area contributed by atoms with Crippen LogP contribution in [-0.4, -0.2) is 56.8 Å². The summed E-state index contributed by atoms with van der Waals surface area (Å²) in [4.78, 5) is 2.29. The van der Waals surface area contributed by atoms with Crippen LogP contribution in [-0.2, 0) is 10.0 Å². The maximum atomic E-state index is 11.9. The van der Waals surface area contributed by atoms with Crippen LogP contribution in [0.25, 0.3) is 0 Å². The van der Waals surface area contributed by atoms with Crippen molar-refractivity contribution in [2.75, 3.05) is 25.4 Å². The third kappa shape index (κ3) is 11.1. The normalized spacial score (nSPS) is 13.0. The van der Waals surface area contributed by atoms with Crippen LogP contribution in [0.1, 0.15) is 54.4 Å². The first-order valence-corrected chi connectivity index (χ1v) is 9.77. The first-order chi connectivity index (χ1) is 9.65. The van der Waals surface area contributed by atoms with Crippen molar-refractivity contribution in [1.82, 2.24) is 14.9 Å². The quantitative estimate of drug-likeness (QED) is 0.538. The molecule has 0 unspecified atom stereocenters. The lowest BCUT2D eigenvalue weighted by Crippen LogP contribution is -2.42. The Morgan fingerprint density at radius 1 is 0.905 bits per heavy atom. The van der Waals surface area contributed by atoms with E-state index in [4.69, 9.17) is 0 Å². The summed E-state index contributed by atoms with van der Waals surface area (Å²) < 4.78 is 26.5. The lowest BCUT2D eigenvalue weighted by Gasteiger charge is -2.30. The van der Waals surface area contributed by atoms with E-state index in [0.717, 1.165) is 19.5 Å². The van der Waals surface area contributed by atoms with E-state index in [1.165, 1.54) is 0 Å². The Bertz CT molecular complexity index is 346. The van der Waals surface area contributed by atoms with E-state index in [1.807, 2.05) is 0 Å². The predicted octanol–water partition coefficient (Wildman–Crippen LogP) is 1.80. The van der Waals surface area contributed by atoms with E-state index < -0.39 is 10.0 Å². The van der Waals surface area contributed by atoms with Gasteiger partial charge in [0.1, 0.15) is 0 Å². The monoisotopic (exact) mass is 321 g/mol. The molecule has 0 fully saturated rings. The largest absolute Gasteiger partial charge is 0.315 e. The van der Waals surface area contributed by atoms with Gasteiger partial charge < -0.3 is 5.32 Å². The van der Waals surface area contributed by atoms with E-state index in [0.29, 0.717) is 31.1 Å². The number of sulfonamides is 1. The Morgan fingerprint density at radius 3 is 1.95 bits per heavy atom. The molecule has 0 saturated heterocycles. The van der Waals surface area contributed by atoms with Gasteiger partial charge in [-0.2, -0.15) is 0 Å². The van der Waals surface area contributed by atoms with Crippen molar-refractivity contribution in [2.45, 2.75) is 72.5 Å². The van der Waals surface area contributed by atoms with E-state index >= 15 is 0 Å². The highest BCUT2D eigenvalue weighted by atomic mass is 32.2. The maximum absolute atomic E-state index is 11.9. The van der Waals surface area contributed by atoms with Gasteiger partial charge in [-0.3, -0.25) is 4.90 Å². The highest BCUT2D eigenvalue weighted by Crippen LogP contribution is 2.03. The molecule has 21 heavy (non-hydrogen) atoms. The highest BCUT2D eigenvalue weighted by molar-refractivity contribution is 7.89. The molecule has 0 aliphatic rings. The molecule has 5 nitrogen and oxygen atoms in total. The smallest absolute Gasteiger partial charge is 0.211 e. The fraction of sp³-hybridized carbons (Fsp3) is 1.00. The zero-order valence-corrected chi connectivity index (χ0v) is 15.5. The standard InChI is InChI=1S/C15H35N3O2S/c1-13(2)16-9-7-8-12-21(19,20)17-10-11-18(14(3)4)15(5)6/h13-17H,7-12H2,1-6H3. The minimum Gasteiger partial charge on any atom is -0.315 e. The number of nitrogens with zero attached hydrogens (tertiary/aromatic N) is 1. The number of hydrogen-bond donors (Lipinski definition) is 2. The minimum absolute atomic E-state index is 0.218. The van der Waals surface area contributed by atoms with Crippen molar-refractivity contribution < 1.29 is 8.42 Å². The van der Waals surface area contributed by atoms with Gasteiger partial charge in [0.05, 0.1) is 5.75 Å². The zero-order valence-electron chi connectivity index (χ0n) is 14.6. The second-order valence-corrected chi connectivity index (χ2v) is 8.38. The van der Waals surface area contributed by atoms with Crippen molar-refractivity contribution in [1.29, 1.82) is 0 Å². The van der Waals surface area contributed by atoms with Crippen LogP contribution in [0.4, 0.5) is 0 Å². The summed E-state index contributed by atoms with van der Waals surface area (Å²) in [7, 11) is -3.13. The Morgan fingerprint density at radius 2 is 1.48 bits per heavy atom. The fourth-order valence-electron chi connectivity index (χ4n) is 2.32. The number of nitrogens with one attached hydrogen (secondary N) is 2. The second-order valence-electron chi connectivity index (χ2n) is 6.45. The molecule has 6 heteroatoms. The summed E-state index contributed by atoms with van der Waals surface area (Å²) >= 11 is 0. The molecule has 0 radical (unpaired) electrons. The summed E-state index contributed by atoms with van der Waals surface area (Å²) in [5.41, 5.74) is 0. The molecule has 0 aromatic rings. The summed E-state index contributed by atoms with van der Waals surface area (Å²) in [6.45, 7) is 14.8. The molecule has 0 saturated carbocycles. The van der Waals surface area contributed by atoms with Crippen LogP contribution < -0.4 is 10.0 Å². The van der Waals surface area contributed by atoms with Crippen LogP contribution in [0.3, 0.4) is 0 Å². The van der Waals surface area contributed by atoms with Gasteiger partial charge in [-0.05, 0) is 47.1 Å². The summed E-state index contributed by atoms with van der Waals surface area (Å²) in [5.74, 6) is 0.218. The molecular formula is C15H35N3O2S. The minimum atomic E-state index is -3.13. The summed E-state index contributed by atoms with van der Waals surface area (Å²) in [6, 6.07) is 1.31. The molecule has 0 aliphatic heterocycles. The highest BCUT2D eigenvalue weighted by Gasteiger charge is 2.15. The van der Waals surface area contributed by atoms with Crippen molar-refractivity contribution in [3.63, 3.8) is 0 Å². The number of unbranched alkanes of at least 4 members (excludes halogenated alkanes) is 1. The lowest BCUT2D eigenvalue weighted by molar-refractivity contribution is 0.179. The van der Waals surface area contributed by atoms with Crippen LogP contribution in [0.5, 0.6) is 0 Å². The predicted molar refractivity (Wildman–Crippen MR) is 91.1 cm³/mol. The topological polar surface area (TPSA) is 61.4 Å². The Balaban J connectivity index is 3.92. The van der Waals surface area contributed by atoms with E-state index in [-0.39, 0.29) is 5.75 Å². The maximum Gasteiger partial charge on any atom is 0.211 e. The average Bonchev–Trinajstić information content (AvgIpc) is 2.32. The molecule has 128 valence electrons. The van der Waals surface area contributed by atoms with Crippen LogP contribution in [0, 0.1) is 0 Å². The van der Waals surface area contributed by atoms with Crippen molar-refractivity contribution in [3.8, 4) is 0 Å². The molecular weight excluding hydrogens is 286 g/mol. The Hall–Kier alpha value is -0.170. The molecule has 0 heterocycles. The van der Waals surface area contributed by atoms with Crippen LogP contribution in [0.15, 0.2) is 0 Å². The molecule has 0 spiro atoms. The summed E-state index contributed by atoms with van der Waals surface area (Å²) in [5, 5.41) is 3.29. The first kappa shape index (κ1) is 20.8. The third-order valence-electron chi connectivity index (χ3n) is 3.41. The molecule has 0 aromatic carbocycles. The average molecular weight is 322 g/mol. The SMILES string of the molecule is CC(C)NCCCCS(=O)(=O)NCCN(C(C)C)C(C)C. The fourth-order valence-corrected chi connectivity index (χ4v) is 3.45. The molecule has 2 N–H and O–H groups in total. The summed E-state index contributed by atoms with van der Waals surface area (Å²) in [6.07, 6.45) is 1.59. The van der Waals surface area contributed by atoms with Crippen LogP contribution in [0.2, 0.25) is 0 Å². The van der Waals surface area contributed by atoms with Gasteiger partial charge in [-0.15, -0.1) is 0 Å². The van der Waals surface area contributed by atoms with Crippen molar-refractivity contribution in [3.05, 3.63) is 0 Å². The van der Waals surface area contributed by atoms with Gasteiger partial charge in [0.15, 0.2) is 0 Å². The molecule has 0 rings (SSSR count). The van der Waals surface area contributed by atoms with Gasteiger partial charge in [0.25, 0.3) is 0 Å².